The third-order valence-electron chi connectivity index (χ3n) is 10.2. The second-order valence-electron chi connectivity index (χ2n) is 14.5. The molecule has 3 heterocycles. The Morgan fingerprint density at radius 3 is 2.05 bits per heavy atom. The molecule has 2 aromatic heterocycles. The SMILES string of the molecule is O=C(CN1CCN(CC(O)COc2cccc3ncccc23)CC1)NC(Cc1cccnc1)C(=O)NC(CCCc1ccccc1)CCCc1ccccc1. The predicted octanol–water partition coefficient (Wildman–Crippen LogP) is 5.25. The number of nitrogens with zero attached hydrogens (tertiary/aromatic N) is 4. The van der Waals surface area contributed by atoms with E-state index in [2.05, 4.69) is 78.9 Å². The van der Waals surface area contributed by atoms with Crippen LogP contribution in [0, 0.1) is 0 Å². The van der Waals surface area contributed by atoms with Crippen LogP contribution >= 0.6 is 0 Å². The fourth-order valence-electron chi connectivity index (χ4n) is 7.26. The second kappa shape index (κ2) is 21.1. The molecule has 3 aromatic carbocycles. The highest BCUT2D eigenvalue weighted by atomic mass is 16.5. The molecule has 2 atom stereocenters. The molecule has 1 aliphatic rings. The summed E-state index contributed by atoms with van der Waals surface area (Å²) in [5, 5.41) is 18.1. The van der Waals surface area contributed by atoms with E-state index in [1.54, 1.807) is 18.6 Å². The number of hydrogen-bond donors (Lipinski definition) is 3. The number of aromatic nitrogens is 2. The van der Waals surface area contributed by atoms with Gasteiger partial charge in [-0.15, -0.1) is 0 Å². The van der Waals surface area contributed by atoms with Crippen LogP contribution in [0.15, 0.2) is 122 Å². The Morgan fingerprint density at radius 2 is 1.38 bits per heavy atom. The number of fused-ring (bicyclic) bond motifs is 1. The van der Waals surface area contributed by atoms with Gasteiger partial charge in [0.1, 0.15) is 24.5 Å². The molecule has 288 valence electrons. The van der Waals surface area contributed by atoms with E-state index in [0.29, 0.717) is 31.8 Å². The van der Waals surface area contributed by atoms with Crippen LogP contribution in [0.1, 0.15) is 42.4 Å². The maximum Gasteiger partial charge on any atom is 0.243 e. The number of carbonyl (C=O) groups excluding carboxylic acids is 2. The van der Waals surface area contributed by atoms with Crippen molar-refractivity contribution in [1.29, 1.82) is 0 Å². The van der Waals surface area contributed by atoms with Crippen molar-refractivity contribution in [3.63, 3.8) is 0 Å². The summed E-state index contributed by atoms with van der Waals surface area (Å²) in [5.74, 6) is 0.361. The third kappa shape index (κ3) is 13.0. The maximum atomic E-state index is 14.0. The number of aryl methyl sites for hydroxylation is 2. The Labute approximate surface area is 325 Å². The molecule has 2 unspecified atom stereocenters. The van der Waals surface area contributed by atoms with Gasteiger partial charge in [0.25, 0.3) is 0 Å². The lowest BCUT2D eigenvalue weighted by Gasteiger charge is -2.35. The largest absolute Gasteiger partial charge is 0.490 e. The van der Waals surface area contributed by atoms with Gasteiger partial charge in [-0.3, -0.25) is 29.4 Å². The molecule has 55 heavy (non-hydrogen) atoms. The average molecular weight is 743 g/mol. The highest BCUT2D eigenvalue weighted by Crippen LogP contribution is 2.24. The number of aliphatic hydroxyl groups is 1. The highest BCUT2D eigenvalue weighted by molar-refractivity contribution is 5.88. The molecular formula is C45H54N6O4. The normalized spacial score (nSPS) is 14.7. The van der Waals surface area contributed by atoms with Crippen LogP contribution in [0.5, 0.6) is 5.75 Å². The summed E-state index contributed by atoms with van der Waals surface area (Å²) < 4.78 is 5.98. The van der Waals surface area contributed by atoms with Crippen molar-refractivity contribution < 1.29 is 19.4 Å². The van der Waals surface area contributed by atoms with Crippen molar-refractivity contribution in [3.8, 4) is 5.75 Å². The highest BCUT2D eigenvalue weighted by Gasteiger charge is 2.26. The predicted molar refractivity (Wildman–Crippen MR) is 217 cm³/mol. The van der Waals surface area contributed by atoms with Gasteiger partial charge >= 0.3 is 0 Å². The van der Waals surface area contributed by atoms with Crippen LogP contribution < -0.4 is 15.4 Å². The van der Waals surface area contributed by atoms with Crippen molar-refractivity contribution in [1.82, 2.24) is 30.4 Å². The lowest BCUT2D eigenvalue weighted by atomic mass is 9.98. The van der Waals surface area contributed by atoms with E-state index >= 15 is 0 Å². The van der Waals surface area contributed by atoms with E-state index in [0.717, 1.165) is 68.1 Å². The van der Waals surface area contributed by atoms with Crippen LogP contribution in [0.2, 0.25) is 0 Å². The fourth-order valence-corrected chi connectivity index (χ4v) is 7.26. The molecular weight excluding hydrogens is 689 g/mol. The summed E-state index contributed by atoms with van der Waals surface area (Å²) in [4.78, 5) is 40.4. The topological polar surface area (TPSA) is 120 Å². The molecule has 1 aliphatic heterocycles. The maximum absolute atomic E-state index is 14.0. The average Bonchev–Trinajstić information content (AvgIpc) is 3.21. The smallest absolute Gasteiger partial charge is 0.243 e. The van der Waals surface area contributed by atoms with Gasteiger partial charge in [-0.25, -0.2) is 0 Å². The standard InChI is InChI=1S/C45H54N6O4/c52-39(34-55-43-23-9-22-41-40(43)21-11-25-47-41)32-50-26-28-51(29-27-50)33-44(53)49-42(30-37-18-10-24-46-31-37)45(54)48-38(19-7-16-35-12-3-1-4-13-35)20-8-17-36-14-5-2-6-15-36/h1-6,9-15,18,21-25,31,38-39,42,52H,7-8,16-17,19-20,26-30,32-34H2,(H,48,54)(H,49,53). The number of rotatable bonds is 20. The molecule has 5 aromatic rings. The minimum absolute atomic E-state index is 0.00824. The molecule has 0 saturated carbocycles. The Hall–Kier alpha value is -5.16. The number of amides is 2. The lowest BCUT2D eigenvalue weighted by Crippen LogP contribution is -2.55. The number of pyridine rings is 2. The van der Waals surface area contributed by atoms with Gasteiger partial charge in [0.2, 0.25) is 11.8 Å². The van der Waals surface area contributed by atoms with Gasteiger partial charge in [-0.05, 0) is 85.5 Å². The minimum atomic E-state index is -0.726. The molecule has 1 fully saturated rings. The Balaban J connectivity index is 0.993. The van der Waals surface area contributed by atoms with Gasteiger partial charge in [0, 0.05) is 69.2 Å². The van der Waals surface area contributed by atoms with Crippen LogP contribution in [0.25, 0.3) is 10.9 Å². The molecule has 10 heteroatoms. The molecule has 0 radical (unpaired) electrons. The van der Waals surface area contributed by atoms with Crippen molar-refractivity contribution in [2.24, 2.45) is 0 Å². The number of aliphatic hydroxyl groups excluding tert-OH is 1. The lowest BCUT2D eigenvalue weighted by molar-refractivity contribution is -0.130. The zero-order valence-corrected chi connectivity index (χ0v) is 31.6. The van der Waals surface area contributed by atoms with Crippen LogP contribution in [0.3, 0.4) is 0 Å². The van der Waals surface area contributed by atoms with Gasteiger partial charge in [-0.1, -0.05) is 72.8 Å². The summed E-state index contributed by atoms with van der Waals surface area (Å²) in [6.45, 7) is 3.65. The van der Waals surface area contributed by atoms with Crippen molar-refractivity contribution in [2.45, 2.75) is 63.1 Å². The molecule has 0 bridgehead atoms. The van der Waals surface area contributed by atoms with Crippen molar-refractivity contribution >= 4 is 22.7 Å². The molecule has 2 amide bonds. The van der Waals surface area contributed by atoms with Crippen LogP contribution in [0.4, 0.5) is 0 Å². The number of β-amino-alcohol motifs (C(OH)–C–C–N with tert-alkyl or cyclic N) is 1. The third-order valence-corrected chi connectivity index (χ3v) is 10.2. The molecule has 10 nitrogen and oxygen atoms in total. The zero-order valence-electron chi connectivity index (χ0n) is 31.6. The number of hydrogen-bond acceptors (Lipinski definition) is 8. The number of piperazine rings is 1. The van der Waals surface area contributed by atoms with E-state index in [4.69, 9.17) is 4.74 Å². The van der Waals surface area contributed by atoms with E-state index < -0.39 is 12.1 Å². The number of benzene rings is 3. The first-order valence-corrected chi connectivity index (χ1v) is 19.6. The molecule has 0 aliphatic carbocycles. The molecule has 1 saturated heterocycles. The second-order valence-corrected chi connectivity index (χ2v) is 14.5. The zero-order chi connectivity index (χ0) is 38.1. The quantitative estimate of drug-likeness (QED) is 0.0991. The van der Waals surface area contributed by atoms with E-state index in [9.17, 15) is 14.7 Å². The van der Waals surface area contributed by atoms with Gasteiger partial charge in [0.15, 0.2) is 0 Å². The van der Waals surface area contributed by atoms with E-state index in [-0.39, 0.29) is 31.0 Å². The first-order chi connectivity index (χ1) is 27.0. The summed E-state index contributed by atoms with van der Waals surface area (Å²) in [6, 6.07) is 33.5. The Bertz CT molecular complexity index is 1840. The Morgan fingerprint density at radius 1 is 0.727 bits per heavy atom. The van der Waals surface area contributed by atoms with Crippen molar-refractivity contribution in [2.75, 3.05) is 45.9 Å². The van der Waals surface area contributed by atoms with Crippen LogP contribution in [-0.4, -0.2) is 101 Å². The molecule has 6 rings (SSSR count). The minimum Gasteiger partial charge on any atom is -0.490 e. The summed E-state index contributed by atoms with van der Waals surface area (Å²) in [5.41, 5.74) is 4.33. The molecule has 3 N–H and O–H groups in total. The van der Waals surface area contributed by atoms with Crippen LogP contribution in [-0.2, 0) is 28.9 Å². The fraction of sp³-hybridized carbons (Fsp3) is 0.378. The Kier molecular flexibility index (Phi) is 15.1. The molecule has 0 spiro atoms. The first-order valence-electron chi connectivity index (χ1n) is 19.6. The summed E-state index contributed by atoms with van der Waals surface area (Å²) in [6.07, 6.45) is 10.4. The first kappa shape index (κ1) is 39.5. The van der Waals surface area contributed by atoms with Gasteiger partial charge in [-0.2, -0.15) is 0 Å². The van der Waals surface area contributed by atoms with Crippen molar-refractivity contribution in [3.05, 3.63) is 138 Å². The number of nitrogens with one attached hydrogen (secondary N) is 2. The number of carbonyl (C=O) groups is 2. The summed E-state index contributed by atoms with van der Waals surface area (Å²) >= 11 is 0. The van der Waals surface area contributed by atoms with E-state index in [1.807, 2.05) is 54.6 Å². The number of ether oxygens (including phenoxy) is 1. The summed E-state index contributed by atoms with van der Waals surface area (Å²) in [7, 11) is 0. The van der Waals surface area contributed by atoms with E-state index in [1.165, 1.54) is 11.1 Å². The monoisotopic (exact) mass is 742 g/mol. The van der Waals surface area contributed by atoms with Gasteiger partial charge in [0.05, 0.1) is 12.1 Å². The van der Waals surface area contributed by atoms with Gasteiger partial charge < -0.3 is 20.5 Å².